The number of aliphatic hydroxyl groups excluding tert-OH is 1. The van der Waals surface area contributed by atoms with E-state index in [1.165, 1.54) is 6.42 Å². The van der Waals surface area contributed by atoms with Crippen LogP contribution in [-0.2, 0) is 0 Å². The number of hydrogen-bond donors (Lipinski definition) is 2. The van der Waals surface area contributed by atoms with Gasteiger partial charge in [-0.3, -0.25) is 4.98 Å². The number of thiocarbonyl (C=S) groups is 1. The minimum atomic E-state index is 0.250. The Morgan fingerprint density at radius 1 is 1.61 bits per heavy atom. The summed E-state index contributed by atoms with van der Waals surface area (Å²) in [5, 5.41) is 8.95. The Hall–Kier alpha value is -1.20. The van der Waals surface area contributed by atoms with Gasteiger partial charge in [0.05, 0.1) is 5.69 Å². The highest BCUT2D eigenvalue weighted by molar-refractivity contribution is 7.80. The molecule has 0 saturated carbocycles. The van der Waals surface area contributed by atoms with E-state index in [2.05, 4.69) is 9.88 Å². The summed E-state index contributed by atoms with van der Waals surface area (Å²) < 4.78 is 0. The fourth-order valence-electron chi connectivity index (χ4n) is 2.60. The van der Waals surface area contributed by atoms with E-state index in [0.29, 0.717) is 16.7 Å². The van der Waals surface area contributed by atoms with Crippen LogP contribution >= 0.6 is 12.2 Å². The monoisotopic (exact) mass is 265 g/mol. The second-order valence-corrected chi connectivity index (χ2v) is 5.03. The summed E-state index contributed by atoms with van der Waals surface area (Å²) in [6, 6.07) is 4.41. The summed E-state index contributed by atoms with van der Waals surface area (Å²) in [4.78, 5) is 6.96. The first kappa shape index (κ1) is 13.2. The van der Waals surface area contributed by atoms with Crippen LogP contribution < -0.4 is 10.6 Å². The third-order valence-corrected chi connectivity index (χ3v) is 3.60. The van der Waals surface area contributed by atoms with Gasteiger partial charge in [0.2, 0.25) is 0 Å². The first-order valence-corrected chi connectivity index (χ1v) is 6.77. The number of hydrogen-bond acceptors (Lipinski definition) is 4. The van der Waals surface area contributed by atoms with Crippen molar-refractivity contribution < 1.29 is 5.11 Å². The number of nitrogens with two attached hydrogens (primary N) is 1. The SMILES string of the molecule is NC(=S)c1ncccc1N1CCCC1CCCO. The lowest BCUT2D eigenvalue weighted by Crippen LogP contribution is -2.31. The number of aromatic nitrogens is 1. The summed E-state index contributed by atoms with van der Waals surface area (Å²) >= 11 is 5.06. The molecule has 98 valence electrons. The lowest BCUT2D eigenvalue weighted by atomic mass is 10.1. The van der Waals surface area contributed by atoms with Crippen molar-refractivity contribution in [2.24, 2.45) is 5.73 Å². The Labute approximate surface area is 113 Å². The van der Waals surface area contributed by atoms with Crippen molar-refractivity contribution in [1.29, 1.82) is 0 Å². The zero-order valence-corrected chi connectivity index (χ0v) is 11.2. The molecule has 2 heterocycles. The number of anilines is 1. The van der Waals surface area contributed by atoms with E-state index in [9.17, 15) is 0 Å². The lowest BCUT2D eigenvalue weighted by Gasteiger charge is -2.28. The Morgan fingerprint density at radius 2 is 2.44 bits per heavy atom. The van der Waals surface area contributed by atoms with Gasteiger partial charge in [-0.05, 0) is 37.8 Å². The van der Waals surface area contributed by atoms with Gasteiger partial charge in [0.25, 0.3) is 0 Å². The molecular formula is C13H19N3OS. The van der Waals surface area contributed by atoms with E-state index >= 15 is 0 Å². The first-order chi connectivity index (χ1) is 8.74. The van der Waals surface area contributed by atoms with Gasteiger partial charge in [0, 0.05) is 25.4 Å². The molecule has 0 amide bonds. The van der Waals surface area contributed by atoms with Crippen LogP contribution in [0.25, 0.3) is 0 Å². The molecule has 1 aliphatic heterocycles. The highest BCUT2D eigenvalue weighted by Crippen LogP contribution is 2.29. The average molecular weight is 265 g/mol. The van der Waals surface area contributed by atoms with Crippen LogP contribution in [0.2, 0.25) is 0 Å². The van der Waals surface area contributed by atoms with Crippen LogP contribution in [-0.4, -0.2) is 34.3 Å². The molecule has 18 heavy (non-hydrogen) atoms. The van der Waals surface area contributed by atoms with E-state index in [-0.39, 0.29) is 6.61 Å². The highest BCUT2D eigenvalue weighted by Gasteiger charge is 2.26. The third-order valence-electron chi connectivity index (χ3n) is 3.40. The first-order valence-electron chi connectivity index (χ1n) is 6.36. The maximum atomic E-state index is 8.95. The summed E-state index contributed by atoms with van der Waals surface area (Å²) in [5.74, 6) is 0. The minimum Gasteiger partial charge on any atom is -0.396 e. The van der Waals surface area contributed by atoms with Crippen molar-refractivity contribution >= 4 is 22.9 Å². The van der Waals surface area contributed by atoms with Crippen LogP contribution in [0, 0.1) is 0 Å². The van der Waals surface area contributed by atoms with Gasteiger partial charge >= 0.3 is 0 Å². The third kappa shape index (κ3) is 2.79. The van der Waals surface area contributed by atoms with Gasteiger partial charge in [0.1, 0.15) is 10.7 Å². The largest absolute Gasteiger partial charge is 0.396 e. The summed E-state index contributed by atoms with van der Waals surface area (Å²) in [7, 11) is 0. The van der Waals surface area contributed by atoms with Crippen molar-refractivity contribution in [2.45, 2.75) is 31.7 Å². The molecule has 1 aromatic rings. The molecule has 1 atom stereocenters. The number of rotatable bonds is 5. The Balaban J connectivity index is 2.21. The zero-order valence-electron chi connectivity index (χ0n) is 10.4. The van der Waals surface area contributed by atoms with E-state index < -0.39 is 0 Å². The number of nitrogens with zero attached hydrogens (tertiary/aromatic N) is 2. The molecule has 5 heteroatoms. The normalized spacial score (nSPS) is 19.2. The molecule has 1 aromatic heterocycles. The van der Waals surface area contributed by atoms with Crippen molar-refractivity contribution in [1.82, 2.24) is 4.98 Å². The molecule has 0 bridgehead atoms. The quantitative estimate of drug-likeness (QED) is 0.789. The molecule has 1 unspecified atom stereocenters. The Kier molecular flexibility index (Phi) is 4.49. The van der Waals surface area contributed by atoms with E-state index in [1.807, 2.05) is 12.1 Å². The minimum absolute atomic E-state index is 0.250. The number of pyridine rings is 1. The molecular weight excluding hydrogens is 246 g/mol. The standard InChI is InChI=1S/C13H19N3OS/c14-13(18)12-11(6-1-7-15-12)16-8-2-4-10(16)5-3-9-17/h1,6-7,10,17H,2-5,8-9H2,(H2,14,18). The fourth-order valence-corrected chi connectivity index (χ4v) is 2.76. The molecule has 1 fully saturated rings. The molecule has 0 aliphatic carbocycles. The van der Waals surface area contributed by atoms with Gasteiger partial charge in [-0.15, -0.1) is 0 Å². The molecule has 4 nitrogen and oxygen atoms in total. The van der Waals surface area contributed by atoms with Crippen LogP contribution in [0.5, 0.6) is 0 Å². The second-order valence-electron chi connectivity index (χ2n) is 4.59. The van der Waals surface area contributed by atoms with Gasteiger partial charge in [0.15, 0.2) is 0 Å². The fraction of sp³-hybridized carbons (Fsp3) is 0.538. The molecule has 0 radical (unpaired) electrons. The van der Waals surface area contributed by atoms with Gasteiger partial charge in [-0.1, -0.05) is 12.2 Å². The topological polar surface area (TPSA) is 62.4 Å². The Bertz CT molecular complexity index is 424. The van der Waals surface area contributed by atoms with Crippen LogP contribution in [0.15, 0.2) is 18.3 Å². The van der Waals surface area contributed by atoms with Crippen LogP contribution in [0.1, 0.15) is 31.4 Å². The van der Waals surface area contributed by atoms with E-state index in [1.54, 1.807) is 6.20 Å². The van der Waals surface area contributed by atoms with Crippen molar-refractivity contribution in [3.05, 3.63) is 24.0 Å². The van der Waals surface area contributed by atoms with Crippen molar-refractivity contribution in [2.75, 3.05) is 18.1 Å². The van der Waals surface area contributed by atoms with Crippen LogP contribution in [0.4, 0.5) is 5.69 Å². The molecule has 1 aliphatic rings. The maximum absolute atomic E-state index is 8.95. The van der Waals surface area contributed by atoms with E-state index in [4.69, 9.17) is 23.1 Å². The molecule has 3 N–H and O–H groups in total. The zero-order chi connectivity index (χ0) is 13.0. The lowest BCUT2D eigenvalue weighted by molar-refractivity contribution is 0.279. The van der Waals surface area contributed by atoms with Gasteiger partial charge < -0.3 is 15.7 Å². The maximum Gasteiger partial charge on any atom is 0.124 e. The number of aliphatic hydroxyl groups is 1. The predicted molar refractivity (Wildman–Crippen MR) is 76.8 cm³/mol. The second kappa shape index (κ2) is 6.11. The van der Waals surface area contributed by atoms with Crippen LogP contribution in [0.3, 0.4) is 0 Å². The summed E-state index contributed by atoms with van der Waals surface area (Å²) in [5.41, 5.74) is 7.47. The van der Waals surface area contributed by atoms with Gasteiger partial charge in [-0.2, -0.15) is 0 Å². The Morgan fingerprint density at radius 3 is 3.17 bits per heavy atom. The molecule has 0 spiro atoms. The summed E-state index contributed by atoms with van der Waals surface area (Å²) in [6.45, 7) is 1.26. The highest BCUT2D eigenvalue weighted by atomic mass is 32.1. The van der Waals surface area contributed by atoms with Crippen molar-refractivity contribution in [3.8, 4) is 0 Å². The summed E-state index contributed by atoms with van der Waals surface area (Å²) in [6.07, 6.45) is 5.89. The molecule has 0 aromatic carbocycles. The average Bonchev–Trinajstić information content (AvgIpc) is 2.84. The molecule has 2 rings (SSSR count). The van der Waals surface area contributed by atoms with Crippen molar-refractivity contribution in [3.63, 3.8) is 0 Å². The van der Waals surface area contributed by atoms with E-state index in [0.717, 1.165) is 31.5 Å². The molecule has 1 saturated heterocycles. The van der Waals surface area contributed by atoms with Gasteiger partial charge in [-0.25, -0.2) is 0 Å². The predicted octanol–water partition coefficient (Wildman–Crippen LogP) is 1.46. The smallest absolute Gasteiger partial charge is 0.124 e.